The Morgan fingerprint density at radius 2 is 1.73 bits per heavy atom. The van der Waals surface area contributed by atoms with E-state index >= 15 is 0 Å². The van der Waals surface area contributed by atoms with E-state index in [-0.39, 0.29) is 34.1 Å². The number of nitrogens with one attached hydrogen (secondary N) is 3. The molecule has 14 heteroatoms. The number of nitrogens with zero attached hydrogens (tertiary/aromatic N) is 3. The summed E-state index contributed by atoms with van der Waals surface area (Å²) in [5.74, 6) is -2.48. The van der Waals surface area contributed by atoms with Crippen LogP contribution in [0.4, 0.5) is 14.5 Å². The van der Waals surface area contributed by atoms with Gasteiger partial charge in [0.05, 0.1) is 5.75 Å². The predicted molar refractivity (Wildman–Crippen MR) is 165 cm³/mol. The molecular weight excluding hydrogens is 594 g/mol. The Kier molecular flexibility index (Phi) is 9.04. The number of ether oxygens (including phenoxy) is 1. The fourth-order valence-corrected chi connectivity index (χ4v) is 5.72. The molecule has 2 aromatic heterocycles. The molecule has 0 atom stereocenters. The maximum absolute atomic E-state index is 14.6. The van der Waals surface area contributed by atoms with E-state index in [1.54, 1.807) is 23.9 Å². The second kappa shape index (κ2) is 12.8. The molecule has 1 saturated heterocycles. The summed E-state index contributed by atoms with van der Waals surface area (Å²) in [5.41, 5.74) is 0.737. The number of aryl methyl sites for hydroxylation is 1. The summed E-state index contributed by atoms with van der Waals surface area (Å²) in [6.07, 6.45) is 1.64. The molecule has 0 saturated carbocycles. The Hall–Kier alpha value is -4.27. The van der Waals surface area contributed by atoms with Crippen LogP contribution in [0.2, 0.25) is 0 Å². The molecule has 0 radical (unpaired) electrons. The fraction of sp³-hybridized carbons (Fsp3) is 0.333. The van der Waals surface area contributed by atoms with Crippen LogP contribution < -0.4 is 20.3 Å². The Morgan fingerprint density at radius 3 is 2.43 bits per heavy atom. The lowest BCUT2D eigenvalue weighted by Gasteiger charge is -2.32. The minimum Gasteiger partial charge on any atom is -0.454 e. The Morgan fingerprint density at radius 1 is 1.00 bits per heavy atom. The molecule has 0 spiro atoms. The van der Waals surface area contributed by atoms with Gasteiger partial charge in [0.1, 0.15) is 22.8 Å². The summed E-state index contributed by atoms with van der Waals surface area (Å²) >= 11 is 0. The van der Waals surface area contributed by atoms with Crippen molar-refractivity contribution in [3.63, 3.8) is 0 Å². The smallest absolute Gasteiger partial charge is 0.273 e. The molecule has 0 bridgehead atoms. The van der Waals surface area contributed by atoms with Gasteiger partial charge in [-0.3, -0.25) is 19.2 Å². The monoisotopic (exact) mass is 628 g/mol. The summed E-state index contributed by atoms with van der Waals surface area (Å²) in [6, 6.07) is 8.81. The number of aromatic nitrogens is 2. The molecule has 1 aliphatic rings. The van der Waals surface area contributed by atoms with E-state index in [0.29, 0.717) is 35.7 Å². The lowest BCUT2D eigenvalue weighted by Crippen LogP contribution is -2.47. The number of piperazine rings is 1. The number of carbonyl (C=O) groups is 1. The summed E-state index contributed by atoms with van der Waals surface area (Å²) in [5, 5.41) is 3.26. The fourth-order valence-electron chi connectivity index (χ4n) is 5.09. The largest absolute Gasteiger partial charge is 0.454 e. The van der Waals surface area contributed by atoms with Gasteiger partial charge in [0, 0.05) is 80.8 Å². The number of pyridine rings is 1. The van der Waals surface area contributed by atoms with E-state index in [1.165, 1.54) is 25.1 Å². The molecule has 1 amide bonds. The Bertz CT molecular complexity index is 1870. The lowest BCUT2D eigenvalue weighted by molar-refractivity contribution is 0.0936. The van der Waals surface area contributed by atoms with Crippen molar-refractivity contribution in [1.82, 2.24) is 24.7 Å². The van der Waals surface area contributed by atoms with Crippen molar-refractivity contribution in [3.8, 4) is 22.6 Å². The first-order valence-electron chi connectivity index (χ1n) is 14.1. The second-order valence-corrected chi connectivity index (χ2v) is 12.7. The van der Waals surface area contributed by atoms with Crippen molar-refractivity contribution in [2.45, 2.75) is 6.92 Å². The molecule has 1 fully saturated rings. The molecule has 0 unspecified atom stereocenters. The highest BCUT2D eigenvalue weighted by molar-refractivity contribution is 7.92. The number of aromatic amines is 1. The molecule has 44 heavy (non-hydrogen) atoms. The standard InChI is InChI=1S/C30H34F2N6O5S/c1-4-44(41,42)35-20-6-8-26(43-27-7-5-19(31)15-24(27)32)21(16-20)23-18-37(3)28-22(23)17-25(34-30(28)40)29(39)33-9-10-38-13-11-36(2)12-14-38/h5-8,15-18,35H,4,9-14H2,1-3H3,(H,33,39)(H,34,40). The van der Waals surface area contributed by atoms with Crippen molar-refractivity contribution < 1.29 is 26.7 Å². The zero-order chi connectivity index (χ0) is 31.6. The summed E-state index contributed by atoms with van der Waals surface area (Å²) in [7, 11) is 0.0743. The van der Waals surface area contributed by atoms with Crippen molar-refractivity contribution in [1.29, 1.82) is 0 Å². The average molecular weight is 629 g/mol. The number of amides is 1. The number of likely N-dealkylation sites (N-methyl/N-ethyl adjacent to an activating group) is 1. The van der Waals surface area contributed by atoms with Gasteiger partial charge in [0.25, 0.3) is 11.5 Å². The topological polar surface area (TPSA) is 129 Å². The Balaban J connectivity index is 1.52. The third-order valence-electron chi connectivity index (χ3n) is 7.56. The van der Waals surface area contributed by atoms with Crippen LogP contribution in [-0.2, 0) is 17.1 Å². The van der Waals surface area contributed by atoms with Gasteiger partial charge in [0.15, 0.2) is 11.6 Å². The van der Waals surface area contributed by atoms with E-state index in [4.69, 9.17) is 4.74 Å². The predicted octanol–water partition coefficient (Wildman–Crippen LogP) is 3.34. The summed E-state index contributed by atoms with van der Waals surface area (Å²) < 4.78 is 62.6. The molecule has 1 aliphatic heterocycles. The second-order valence-electron chi connectivity index (χ2n) is 10.7. The summed E-state index contributed by atoms with van der Waals surface area (Å²) in [6.45, 7) is 6.27. The van der Waals surface area contributed by atoms with Crippen molar-refractivity contribution >= 4 is 32.5 Å². The van der Waals surface area contributed by atoms with E-state index in [9.17, 15) is 26.8 Å². The molecule has 4 aromatic rings. The van der Waals surface area contributed by atoms with Crippen LogP contribution in [0.15, 0.2) is 53.5 Å². The van der Waals surface area contributed by atoms with Crippen LogP contribution in [0.1, 0.15) is 17.4 Å². The van der Waals surface area contributed by atoms with E-state index in [2.05, 4.69) is 31.9 Å². The number of rotatable bonds is 10. The van der Waals surface area contributed by atoms with E-state index < -0.39 is 33.1 Å². The van der Waals surface area contributed by atoms with Crippen molar-refractivity contribution in [2.24, 2.45) is 7.05 Å². The normalized spacial score (nSPS) is 14.6. The SMILES string of the molecule is CCS(=O)(=O)Nc1ccc(Oc2ccc(F)cc2F)c(-c2cn(C)c3c(=O)[nH]c(C(=O)NCCN4CCN(C)CC4)cc23)c1. The van der Waals surface area contributed by atoms with Gasteiger partial charge in [-0.15, -0.1) is 0 Å². The number of benzene rings is 2. The zero-order valence-corrected chi connectivity index (χ0v) is 25.4. The number of fused-ring (bicyclic) bond motifs is 1. The number of hydrogen-bond donors (Lipinski definition) is 3. The van der Waals surface area contributed by atoms with Crippen LogP contribution >= 0.6 is 0 Å². The van der Waals surface area contributed by atoms with E-state index in [0.717, 1.165) is 38.3 Å². The maximum atomic E-state index is 14.6. The Labute approximate surface area is 253 Å². The first kappa shape index (κ1) is 31.2. The van der Waals surface area contributed by atoms with Gasteiger partial charge in [0.2, 0.25) is 10.0 Å². The molecule has 234 valence electrons. The number of sulfonamides is 1. The van der Waals surface area contributed by atoms with Crippen LogP contribution in [-0.4, -0.2) is 85.7 Å². The molecular formula is C30H34F2N6O5S. The minimum absolute atomic E-state index is 0.0446. The minimum atomic E-state index is -3.65. The highest BCUT2D eigenvalue weighted by Gasteiger charge is 2.21. The summed E-state index contributed by atoms with van der Waals surface area (Å²) in [4.78, 5) is 33.5. The number of anilines is 1. The highest BCUT2D eigenvalue weighted by atomic mass is 32.2. The molecule has 3 heterocycles. The molecule has 2 aromatic carbocycles. The zero-order valence-electron chi connectivity index (χ0n) is 24.6. The average Bonchev–Trinajstić information content (AvgIpc) is 3.32. The first-order chi connectivity index (χ1) is 20.9. The third kappa shape index (κ3) is 6.93. The number of halogens is 2. The highest BCUT2D eigenvalue weighted by Crippen LogP contribution is 2.40. The van der Waals surface area contributed by atoms with Gasteiger partial charge in [-0.2, -0.15) is 0 Å². The van der Waals surface area contributed by atoms with Gasteiger partial charge < -0.3 is 24.5 Å². The molecule has 5 rings (SSSR count). The van der Waals surface area contributed by atoms with Gasteiger partial charge >= 0.3 is 0 Å². The van der Waals surface area contributed by atoms with Gasteiger partial charge in [-0.05, 0) is 50.4 Å². The van der Waals surface area contributed by atoms with Crippen molar-refractivity contribution in [2.75, 3.05) is 56.8 Å². The maximum Gasteiger partial charge on any atom is 0.273 e. The molecule has 11 nitrogen and oxygen atoms in total. The number of carbonyl (C=O) groups excluding carboxylic acids is 1. The van der Waals surface area contributed by atoms with Crippen LogP contribution in [0.3, 0.4) is 0 Å². The third-order valence-corrected chi connectivity index (χ3v) is 8.87. The van der Waals surface area contributed by atoms with E-state index in [1.807, 2.05) is 0 Å². The number of H-pyrrole nitrogens is 1. The molecule has 0 aliphatic carbocycles. The van der Waals surface area contributed by atoms with Gasteiger partial charge in [-0.25, -0.2) is 17.2 Å². The van der Waals surface area contributed by atoms with Crippen LogP contribution in [0.25, 0.3) is 22.0 Å². The number of hydrogen-bond acceptors (Lipinski definition) is 7. The first-order valence-corrected chi connectivity index (χ1v) is 15.8. The lowest BCUT2D eigenvalue weighted by atomic mass is 10.0. The van der Waals surface area contributed by atoms with Gasteiger partial charge in [-0.1, -0.05) is 0 Å². The molecule has 3 N–H and O–H groups in total. The van der Waals surface area contributed by atoms with Crippen LogP contribution in [0, 0.1) is 11.6 Å². The van der Waals surface area contributed by atoms with Crippen molar-refractivity contribution in [3.05, 3.63) is 76.3 Å². The quantitative estimate of drug-likeness (QED) is 0.246. The van der Waals surface area contributed by atoms with Crippen LogP contribution in [0.5, 0.6) is 11.5 Å².